The van der Waals surface area contributed by atoms with Crippen LogP contribution in [-0.4, -0.2) is 100 Å². The Balaban J connectivity index is 1.08. The van der Waals surface area contributed by atoms with Gasteiger partial charge >= 0.3 is 12.1 Å². The number of carbonyl (C=O) groups excluding carboxylic acids is 4. The summed E-state index contributed by atoms with van der Waals surface area (Å²) in [5.74, 6) is -0.0849. The minimum atomic E-state index is -0.782. The molecule has 0 spiro atoms. The number of benzene rings is 2. The topological polar surface area (TPSA) is 173 Å². The summed E-state index contributed by atoms with van der Waals surface area (Å²) >= 11 is 7.01. The molecule has 3 aromatic rings. The molecular formula is C36H42Br2N8O5. The van der Waals surface area contributed by atoms with Gasteiger partial charge in [-0.3, -0.25) is 14.6 Å². The Morgan fingerprint density at radius 2 is 1.63 bits per heavy atom. The van der Waals surface area contributed by atoms with E-state index < -0.39 is 6.04 Å². The van der Waals surface area contributed by atoms with E-state index in [1.165, 1.54) is 5.56 Å². The first-order valence-electron chi connectivity index (χ1n) is 17.2. The van der Waals surface area contributed by atoms with Gasteiger partial charge in [0.2, 0.25) is 5.91 Å². The Bertz CT molecular complexity index is 1740. The smallest absolute Gasteiger partial charge is 0.322 e. The summed E-state index contributed by atoms with van der Waals surface area (Å²) in [4.78, 5) is 62.8. The molecule has 2 aromatic carbocycles. The van der Waals surface area contributed by atoms with Crippen molar-refractivity contribution in [3.05, 3.63) is 86.1 Å². The molecule has 0 radical (unpaired) electrons. The largest absolute Gasteiger partial charge is 0.397 e. The van der Waals surface area contributed by atoms with Crippen LogP contribution in [-0.2, 0) is 17.8 Å². The summed E-state index contributed by atoms with van der Waals surface area (Å²) in [6.07, 6.45) is 6.71. The number of aliphatic hydroxyl groups is 1. The van der Waals surface area contributed by atoms with E-state index in [0.717, 1.165) is 24.0 Å². The zero-order valence-electron chi connectivity index (χ0n) is 28.1. The van der Waals surface area contributed by atoms with Crippen LogP contribution < -0.4 is 21.7 Å². The van der Waals surface area contributed by atoms with Crippen LogP contribution >= 0.6 is 31.9 Å². The lowest BCUT2D eigenvalue weighted by molar-refractivity contribution is -0.134. The van der Waals surface area contributed by atoms with E-state index in [-0.39, 0.29) is 43.1 Å². The predicted molar refractivity (Wildman–Crippen MR) is 200 cm³/mol. The lowest BCUT2D eigenvalue weighted by Gasteiger charge is -2.41. The van der Waals surface area contributed by atoms with E-state index in [1.54, 1.807) is 34.3 Å². The number of aliphatic hydroxyl groups excluding tert-OH is 1. The van der Waals surface area contributed by atoms with Gasteiger partial charge in [0.25, 0.3) is 5.91 Å². The highest BCUT2D eigenvalue weighted by Gasteiger charge is 2.35. The van der Waals surface area contributed by atoms with Gasteiger partial charge in [-0.2, -0.15) is 0 Å². The first-order chi connectivity index (χ1) is 24.6. The van der Waals surface area contributed by atoms with E-state index in [9.17, 15) is 19.2 Å². The molecule has 0 unspecified atom stereocenters. The Labute approximate surface area is 313 Å². The van der Waals surface area contributed by atoms with Crippen molar-refractivity contribution in [2.24, 2.45) is 0 Å². The van der Waals surface area contributed by atoms with Crippen LogP contribution in [0.25, 0.3) is 0 Å². The number of hydrogen-bond acceptors (Lipinski definition) is 7. The molecule has 0 bridgehead atoms. The molecule has 0 saturated carbocycles. The maximum Gasteiger partial charge on any atom is 0.322 e. The second-order valence-electron chi connectivity index (χ2n) is 13.2. The minimum Gasteiger partial charge on any atom is -0.397 e. The summed E-state index contributed by atoms with van der Waals surface area (Å²) in [7, 11) is 0. The van der Waals surface area contributed by atoms with Gasteiger partial charge in [-0.1, -0.05) is 6.07 Å². The molecule has 6 amide bonds. The lowest BCUT2D eigenvalue weighted by atomic mass is 9.89. The van der Waals surface area contributed by atoms with Crippen molar-refractivity contribution in [1.82, 2.24) is 30.3 Å². The second-order valence-corrected chi connectivity index (χ2v) is 14.9. The quantitative estimate of drug-likeness (QED) is 0.198. The number of piperidine rings is 2. The van der Waals surface area contributed by atoms with Crippen LogP contribution in [0.3, 0.4) is 0 Å². The Morgan fingerprint density at radius 3 is 2.29 bits per heavy atom. The fourth-order valence-electron chi connectivity index (χ4n) is 7.08. The third-order valence-electron chi connectivity index (χ3n) is 9.96. The number of nitrogens with zero attached hydrogens (tertiary/aromatic N) is 4. The Morgan fingerprint density at radius 1 is 0.961 bits per heavy atom. The number of aromatic nitrogens is 1. The van der Waals surface area contributed by atoms with Crippen LogP contribution in [0, 0.1) is 0 Å². The van der Waals surface area contributed by atoms with Crippen LogP contribution in [0.5, 0.6) is 0 Å². The maximum absolute atomic E-state index is 14.1. The van der Waals surface area contributed by atoms with E-state index in [1.807, 2.05) is 35.2 Å². The van der Waals surface area contributed by atoms with Crippen molar-refractivity contribution in [2.45, 2.75) is 56.7 Å². The SMILES string of the molecule is Nc1c(Br)cc(C[C@@H](NC(=O)N2CCC(N3Cc4ccc(C(=O)NCCO)cc4NC3=O)CC2)C(=O)N2CCC(c3ccncc3)CC2)cc1Br. The first kappa shape index (κ1) is 36.6. The average molecular weight is 827 g/mol. The van der Waals surface area contributed by atoms with Gasteiger partial charge in [-0.05, 0) is 117 Å². The van der Waals surface area contributed by atoms with Gasteiger partial charge in [0, 0.05) is 84.3 Å². The highest BCUT2D eigenvalue weighted by Crippen LogP contribution is 2.32. The normalized spacial score (nSPS) is 17.4. The fourth-order valence-corrected chi connectivity index (χ4v) is 8.36. The number of hydrogen-bond donors (Lipinski definition) is 5. The van der Waals surface area contributed by atoms with Crippen LogP contribution in [0.1, 0.15) is 58.6 Å². The monoisotopic (exact) mass is 824 g/mol. The van der Waals surface area contributed by atoms with Gasteiger partial charge in [0.05, 0.1) is 12.3 Å². The number of rotatable bonds is 9. The van der Waals surface area contributed by atoms with E-state index in [4.69, 9.17) is 10.8 Å². The molecule has 2 saturated heterocycles. The first-order valence-corrected chi connectivity index (χ1v) is 18.8. The summed E-state index contributed by atoms with van der Waals surface area (Å²) < 4.78 is 1.41. The number of likely N-dealkylation sites (tertiary alicyclic amines) is 2. The summed E-state index contributed by atoms with van der Waals surface area (Å²) in [6.45, 7) is 2.42. The molecule has 2 fully saturated rings. The molecule has 1 aromatic heterocycles. The predicted octanol–water partition coefficient (Wildman–Crippen LogP) is 4.45. The lowest BCUT2D eigenvalue weighted by Crippen LogP contribution is -2.57. The summed E-state index contributed by atoms with van der Waals surface area (Å²) in [6, 6.07) is 11.6. The molecule has 6 rings (SSSR count). The summed E-state index contributed by atoms with van der Waals surface area (Å²) in [5.41, 5.74) is 10.6. The van der Waals surface area contributed by atoms with Crippen LogP contribution in [0.4, 0.5) is 21.0 Å². The average Bonchev–Trinajstić information content (AvgIpc) is 3.15. The van der Waals surface area contributed by atoms with Crippen molar-refractivity contribution in [2.75, 3.05) is 50.4 Å². The molecular weight excluding hydrogens is 784 g/mol. The molecule has 13 nitrogen and oxygen atoms in total. The molecule has 15 heteroatoms. The number of amides is 6. The number of fused-ring (bicyclic) bond motifs is 1. The number of carbonyl (C=O) groups is 4. The van der Waals surface area contributed by atoms with Crippen molar-refractivity contribution >= 4 is 67.1 Å². The molecule has 4 heterocycles. The van der Waals surface area contributed by atoms with Crippen LogP contribution in [0.2, 0.25) is 0 Å². The van der Waals surface area contributed by atoms with Gasteiger partial charge in [0.15, 0.2) is 0 Å². The number of nitrogens with two attached hydrogens (primary N) is 1. The van der Waals surface area contributed by atoms with Crippen molar-refractivity contribution < 1.29 is 24.3 Å². The molecule has 3 aliphatic heterocycles. The van der Waals surface area contributed by atoms with Crippen molar-refractivity contribution in [1.29, 1.82) is 0 Å². The third-order valence-corrected chi connectivity index (χ3v) is 11.3. The second kappa shape index (κ2) is 16.4. The van der Waals surface area contributed by atoms with Gasteiger partial charge in [0.1, 0.15) is 6.04 Å². The standard InChI is InChI=1S/C36H42Br2N8O5/c37-28-17-22(18-29(38)32(28)39)19-31(34(49)44-12-5-24(6-13-44)23-3-9-40-10-4-23)43-35(50)45-14-7-27(8-15-45)46-21-26-2-1-25(33(48)41-11-16-47)20-30(26)42-36(46)51/h1-4,9-10,17-18,20,24,27,31,47H,5-8,11-16,19,21,39H2,(H,41,48)(H,42,51)(H,43,50)/t31-/m1/s1. The zero-order valence-corrected chi connectivity index (χ0v) is 31.3. The number of halogens is 2. The molecule has 3 aliphatic rings. The molecule has 6 N–H and O–H groups in total. The molecule has 0 aliphatic carbocycles. The van der Waals surface area contributed by atoms with Gasteiger partial charge in [-0.25, -0.2) is 9.59 Å². The van der Waals surface area contributed by atoms with Crippen molar-refractivity contribution in [3.8, 4) is 0 Å². The number of pyridine rings is 1. The van der Waals surface area contributed by atoms with Gasteiger partial charge in [-0.15, -0.1) is 0 Å². The Hall–Kier alpha value is -4.21. The van der Waals surface area contributed by atoms with E-state index >= 15 is 0 Å². The summed E-state index contributed by atoms with van der Waals surface area (Å²) in [5, 5.41) is 17.6. The third kappa shape index (κ3) is 8.64. The minimum absolute atomic E-state index is 0.0849. The number of nitrogen functional groups attached to an aromatic ring is 1. The fraction of sp³-hybridized carbons (Fsp3) is 0.417. The van der Waals surface area contributed by atoms with Gasteiger partial charge < -0.3 is 41.5 Å². The van der Waals surface area contributed by atoms with Crippen molar-refractivity contribution in [3.63, 3.8) is 0 Å². The van der Waals surface area contributed by atoms with Crippen LogP contribution in [0.15, 0.2) is 63.8 Å². The highest BCUT2D eigenvalue weighted by molar-refractivity contribution is 9.11. The molecule has 1 atom stereocenters. The molecule has 270 valence electrons. The number of anilines is 2. The Kier molecular flexibility index (Phi) is 11.8. The number of urea groups is 2. The zero-order chi connectivity index (χ0) is 36.1. The molecule has 51 heavy (non-hydrogen) atoms. The number of nitrogens with one attached hydrogen (secondary N) is 3. The maximum atomic E-state index is 14.1. The van der Waals surface area contributed by atoms with E-state index in [2.05, 4.69) is 52.8 Å². The highest BCUT2D eigenvalue weighted by atomic mass is 79.9. The van der Waals surface area contributed by atoms with E-state index in [0.29, 0.717) is 83.8 Å².